The lowest BCUT2D eigenvalue weighted by Crippen LogP contribution is -2.35. The lowest BCUT2D eigenvalue weighted by atomic mass is 10.1. The zero-order chi connectivity index (χ0) is 16.2. The quantitative estimate of drug-likeness (QED) is 0.924. The van der Waals surface area contributed by atoms with Gasteiger partial charge < -0.3 is 4.90 Å². The van der Waals surface area contributed by atoms with E-state index < -0.39 is 0 Å². The molecule has 0 bridgehead atoms. The summed E-state index contributed by atoms with van der Waals surface area (Å²) in [7, 11) is 0. The number of fused-ring (bicyclic) bond motifs is 1. The maximum Gasteiger partial charge on any atom is 0.277 e. The van der Waals surface area contributed by atoms with Crippen LogP contribution in [0.15, 0.2) is 18.6 Å². The molecule has 0 saturated heterocycles. The molecule has 2 amide bonds. The Morgan fingerprint density at radius 2 is 2.26 bits per heavy atom. The third-order valence-corrected chi connectivity index (χ3v) is 4.56. The van der Waals surface area contributed by atoms with Gasteiger partial charge in [0, 0.05) is 36.7 Å². The van der Waals surface area contributed by atoms with Gasteiger partial charge in [-0.2, -0.15) is 0 Å². The Bertz CT molecular complexity index is 716. The minimum absolute atomic E-state index is 0.177. The van der Waals surface area contributed by atoms with E-state index in [0.29, 0.717) is 24.6 Å². The fourth-order valence-electron chi connectivity index (χ4n) is 2.41. The van der Waals surface area contributed by atoms with Gasteiger partial charge in [-0.15, -0.1) is 0 Å². The summed E-state index contributed by atoms with van der Waals surface area (Å²) in [5.41, 5.74) is 1.21. The number of aromatic nitrogens is 3. The molecule has 8 heteroatoms. The number of thiazole rings is 1. The minimum atomic E-state index is -0.330. The zero-order valence-corrected chi connectivity index (χ0v) is 13.6. The lowest BCUT2D eigenvalue weighted by Gasteiger charge is -2.25. The highest BCUT2D eigenvalue weighted by Crippen LogP contribution is 2.28. The second-order valence-corrected chi connectivity index (χ2v) is 6.33. The normalized spacial score (nSPS) is 13.5. The van der Waals surface area contributed by atoms with E-state index in [2.05, 4.69) is 20.3 Å². The number of anilines is 1. The topological polar surface area (TPSA) is 88.1 Å². The lowest BCUT2D eigenvalue weighted by molar-refractivity contribution is -0.132. The standard InChI is InChI=1S/C15H17N5O2S/c1-2-3-13(21)20-7-4-10-12(9-20)23-15(18-10)19-14(22)11-8-16-5-6-17-11/h5-6,8H,2-4,7,9H2,1H3,(H,18,19,22). The number of carbonyl (C=O) groups is 2. The first kappa shape index (κ1) is 15.5. The SMILES string of the molecule is CCCC(=O)N1CCc2nc(NC(=O)c3cnccn3)sc2C1. The van der Waals surface area contributed by atoms with E-state index in [4.69, 9.17) is 0 Å². The molecule has 1 aliphatic heterocycles. The van der Waals surface area contributed by atoms with Crippen molar-refractivity contribution in [2.45, 2.75) is 32.7 Å². The van der Waals surface area contributed by atoms with Crippen molar-refractivity contribution < 1.29 is 9.59 Å². The van der Waals surface area contributed by atoms with Gasteiger partial charge in [-0.05, 0) is 6.42 Å². The molecular formula is C15H17N5O2S. The van der Waals surface area contributed by atoms with E-state index >= 15 is 0 Å². The van der Waals surface area contributed by atoms with Crippen LogP contribution in [0, 0.1) is 0 Å². The Morgan fingerprint density at radius 1 is 1.39 bits per heavy atom. The van der Waals surface area contributed by atoms with Crippen LogP contribution in [0.2, 0.25) is 0 Å². The van der Waals surface area contributed by atoms with Crippen molar-refractivity contribution >= 4 is 28.3 Å². The van der Waals surface area contributed by atoms with Crippen LogP contribution in [-0.2, 0) is 17.8 Å². The summed E-state index contributed by atoms with van der Waals surface area (Å²) >= 11 is 1.41. The molecule has 1 N–H and O–H groups in total. The van der Waals surface area contributed by atoms with Crippen molar-refractivity contribution in [2.24, 2.45) is 0 Å². The third-order valence-electron chi connectivity index (χ3n) is 3.56. The average molecular weight is 331 g/mol. The van der Waals surface area contributed by atoms with Crippen LogP contribution in [0.1, 0.15) is 40.8 Å². The average Bonchev–Trinajstić information content (AvgIpc) is 2.97. The molecule has 0 aliphatic carbocycles. The Hall–Kier alpha value is -2.35. The third kappa shape index (κ3) is 3.53. The van der Waals surface area contributed by atoms with Gasteiger partial charge >= 0.3 is 0 Å². The number of nitrogens with one attached hydrogen (secondary N) is 1. The fourth-order valence-corrected chi connectivity index (χ4v) is 3.43. The number of nitrogens with zero attached hydrogens (tertiary/aromatic N) is 4. The number of amides is 2. The fraction of sp³-hybridized carbons (Fsp3) is 0.400. The van der Waals surface area contributed by atoms with Crippen molar-refractivity contribution in [1.82, 2.24) is 19.9 Å². The molecule has 3 heterocycles. The molecule has 0 atom stereocenters. The van der Waals surface area contributed by atoms with Crippen molar-refractivity contribution in [1.29, 1.82) is 0 Å². The molecule has 23 heavy (non-hydrogen) atoms. The van der Waals surface area contributed by atoms with Gasteiger partial charge in [0.15, 0.2) is 5.13 Å². The van der Waals surface area contributed by atoms with Crippen LogP contribution in [0.25, 0.3) is 0 Å². The number of rotatable bonds is 4. The molecule has 2 aromatic rings. The monoisotopic (exact) mass is 331 g/mol. The summed E-state index contributed by atoms with van der Waals surface area (Å²) in [5.74, 6) is -0.153. The second-order valence-electron chi connectivity index (χ2n) is 5.25. The molecule has 0 fully saturated rings. The Labute approximate surface area is 137 Å². The van der Waals surface area contributed by atoms with Gasteiger partial charge in [0.2, 0.25) is 5.91 Å². The summed E-state index contributed by atoms with van der Waals surface area (Å²) in [6.45, 7) is 3.26. The highest BCUT2D eigenvalue weighted by molar-refractivity contribution is 7.15. The van der Waals surface area contributed by atoms with Gasteiger partial charge in [-0.25, -0.2) is 9.97 Å². The first-order chi connectivity index (χ1) is 11.2. The first-order valence-electron chi connectivity index (χ1n) is 7.51. The van der Waals surface area contributed by atoms with Crippen molar-refractivity contribution in [3.05, 3.63) is 34.9 Å². The maximum absolute atomic E-state index is 12.1. The summed E-state index contributed by atoms with van der Waals surface area (Å²) in [6.07, 6.45) is 6.55. The van der Waals surface area contributed by atoms with Gasteiger partial charge in [0.25, 0.3) is 5.91 Å². The maximum atomic E-state index is 12.1. The van der Waals surface area contributed by atoms with Crippen molar-refractivity contribution in [2.75, 3.05) is 11.9 Å². The smallest absolute Gasteiger partial charge is 0.277 e. The zero-order valence-electron chi connectivity index (χ0n) is 12.8. The van der Waals surface area contributed by atoms with Gasteiger partial charge in [-0.3, -0.25) is 19.9 Å². The Balaban J connectivity index is 1.69. The number of hydrogen-bond acceptors (Lipinski definition) is 6. The van der Waals surface area contributed by atoms with E-state index in [0.717, 1.165) is 23.4 Å². The molecule has 0 saturated carbocycles. The molecule has 2 aromatic heterocycles. The molecule has 1 aliphatic rings. The number of hydrogen-bond donors (Lipinski definition) is 1. The van der Waals surface area contributed by atoms with Crippen LogP contribution in [-0.4, -0.2) is 38.2 Å². The van der Waals surface area contributed by atoms with Crippen LogP contribution in [0.5, 0.6) is 0 Å². The highest BCUT2D eigenvalue weighted by atomic mass is 32.1. The van der Waals surface area contributed by atoms with E-state index in [1.165, 1.54) is 29.9 Å². The first-order valence-corrected chi connectivity index (χ1v) is 8.32. The van der Waals surface area contributed by atoms with Crippen molar-refractivity contribution in [3.8, 4) is 0 Å². The van der Waals surface area contributed by atoms with Crippen LogP contribution in [0.4, 0.5) is 5.13 Å². The molecule has 7 nitrogen and oxygen atoms in total. The van der Waals surface area contributed by atoms with Gasteiger partial charge in [-0.1, -0.05) is 18.3 Å². The predicted octanol–water partition coefficient (Wildman–Crippen LogP) is 1.87. The summed E-state index contributed by atoms with van der Waals surface area (Å²) in [4.78, 5) is 39.3. The Morgan fingerprint density at radius 3 is 3.00 bits per heavy atom. The second kappa shape index (κ2) is 6.82. The van der Waals surface area contributed by atoms with E-state index in [-0.39, 0.29) is 17.5 Å². The molecule has 0 spiro atoms. The minimum Gasteiger partial charge on any atom is -0.337 e. The summed E-state index contributed by atoms with van der Waals surface area (Å²) in [5, 5.41) is 3.28. The van der Waals surface area contributed by atoms with E-state index in [1.807, 2.05) is 11.8 Å². The molecule has 0 radical (unpaired) electrons. The van der Waals surface area contributed by atoms with Crippen molar-refractivity contribution in [3.63, 3.8) is 0 Å². The van der Waals surface area contributed by atoms with E-state index in [9.17, 15) is 9.59 Å². The molecule has 120 valence electrons. The summed E-state index contributed by atoms with van der Waals surface area (Å²) < 4.78 is 0. The predicted molar refractivity (Wildman–Crippen MR) is 86.1 cm³/mol. The highest BCUT2D eigenvalue weighted by Gasteiger charge is 2.24. The molecule has 0 unspecified atom stereocenters. The van der Waals surface area contributed by atoms with E-state index in [1.54, 1.807) is 0 Å². The van der Waals surface area contributed by atoms with Gasteiger partial charge in [0.1, 0.15) is 5.69 Å². The largest absolute Gasteiger partial charge is 0.337 e. The van der Waals surface area contributed by atoms with Crippen LogP contribution in [0.3, 0.4) is 0 Å². The summed E-state index contributed by atoms with van der Waals surface area (Å²) in [6, 6.07) is 0. The molecular weight excluding hydrogens is 314 g/mol. The Kier molecular flexibility index (Phi) is 4.61. The van der Waals surface area contributed by atoms with Crippen LogP contribution >= 0.6 is 11.3 Å². The number of carbonyl (C=O) groups excluding carboxylic acids is 2. The van der Waals surface area contributed by atoms with Crippen LogP contribution < -0.4 is 5.32 Å². The molecule has 3 rings (SSSR count). The van der Waals surface area contributed by atoms with Gasteiger partial charge in [0.05, 0.1) is 18.4 Å². The molecule has 0 aromatic carbocycles.